The standard InChI is InChI=1S/C31H27F6N7O3S2/c1-18-4-13-25(46-16-30(32,33)34)24(14-18)44-26(45)15-49-29(44)39-28(48)41-42(3)19(2)20-5-7-21(8-6-20)27-38-17-43(40-27)22-9-11-23(12-10-22)47-31(35,36)37/h4-14,17,19H,15-16H2,1-3H3,(H,41,48). The number of benzene rings is 3. The number of hydrazine groups is 1. The molecule has 1 aliphatic heterocycles. The Labute approximate surface area is 285 Å². The van der Waals surface area contributed by atoms with Crippen LogP contribution in [0, 0.1) is 6.92 Å². The van der Waals surface area contributed by atoms with Gasteiger partial charge < -0.3 is 9.47 Å². The summed E-state index contributed by atoms with van der Waals surface area (Å²) in [7, 11) is 1.74. The number of alkyl halides is 6. The van der Waals surface area contributed by atoms with E-state index in [-0.39, 0.29) is 45.2 Å². The Balaban J connectivity index is 1.23. The molecule has 1 unspecified atom stereocenters. The average Bonchev–Trinajstić information content (AvgIpc) is 3.66. The summed E-state index contributed by atoms with van der Waals surface area (Å²) in [6.07, 6.45) is -7.91. The minimum atomic E-state index is -4.79. The molecule has 1 N–H and O–H groups in total. The number of thiocarbonyl (C=S) groups is 1. The van der Waals surface area contributed by atoms with Crippen molar-refractivity contribution in [3.8, 4) is 28.6 Å². The first-order valence-electron chi connectivity index (χ1n) is 14.3. The molecule has 0 spiro atoms. The molecule has 1 atom stereocenters. The van der Waals surface area contributed by atoms with Crippen LogP contribution >= 0.6 is 24.0 Å². The van der Waals surface area contributed by atoms with E-state index in [0.29, 0.717) is 22.6 Å². The van der Waals surface area contributed by atoms with Crippen molar-refractivity contribution in [1.29, 1.82) is 0 Å². The molecule has 3 aromatic carbocycles. The molecule has 1 fully saturated rings. The first kappa shape index (κ1) is 35.6. The lowest BCUT2D eigenvalue weighted by Crippen LogP contribution is -2.40. The van der Waals surface area contributed by atoms with E-state index >= 15 is 0 Å². The van der Waals surface area contributed by atoms with Crippen molar-refractivity contribution < 1.29 is 40.6 Å². The summed E-state index contributed by atoms with van der Waals surface area (Å²) in [6, 6.07) is 16.9. The van der Waals surface area contributed by atoms with E-state index in [1.807, 2.05) is 31.2 Å². The number of ether oxygens (including phenoxy) is 2. The Hall–Kier alpha value is -4.68. The summed E-state index contributed by atoms with van der Waals surface area (Å²) in [4.78, 5) is 22.7. The van der Waals surface area contributed by atoms with Crippen molar-refractivity contribution >= 4 is 45.9 Å². The molecular weight excluding hydrogens is 697 g/mol. The van der Waals surface area contributed by atoms with E-state index in [1.54, 1.807) is 31.1 Å². The van der Waals surface area contributed by atoms with E-state index in [1.165, 1.54) is 46.2 Å². The number of aromatic nitrogens is 3. The predicted molar refractivity (Wildman–Crippen MR) is 175 cm³/mol. The zero-order valence-electron chi connectivity index (χ0n) is 25.9. The van der Waals surface area contributed by atoms with Crippen molar-refractivity contribution in [3.05, 3.63) is 84.2 Å². The zero-order chi connectivity index (χ0) is 35.5. The fraction of sp³-hybridized carbons (Fsp3) is 0.258. The first-order valence-corrected chi connectivity index (χ1v) is 15.7. The average molecular weight is 724 g/mol. The Kier molecular flexibility index (Phi) is 10.5. The van der Waals surface area contributed by atoms with Gasteiger partial charge in [-0.05, 0) is 73.6 Å². The lowest BCUT2D eigenvalue weighted by molar-refractivity contribution is -0.274. The van der Waals surface area contributed by atoms with Gasteiger partial charge in [-0.1, -0.05) is 42.1 Å². The second-order valence-corrected chi connectivity index (χ2v) is 12.0. The number of hydrogen-bond donors (Lipinski definition) is 1. The minimum Gasteiger partial charge on any atom is -0.482 e. The van der Waals surface area contributed by atoms with E-state index in [9.17, 15) is 31.1 Å². The van der Waals surface area contributed by atoms with Gasteiger partial charge in [0.05, 0.1) is 23.2 Å². The maximum Gasteiger partial charge on any atom is 0.573 e. The lowest BCUT2D eigenvalue weighted by atomic mass is 10.1. The summed E-state index contributed by atoms with van der Waals surface area (Å²) in [5.74, 6) is -0.438. The molecule has 0 bridgehead atoms. The van der Waals surface area contributed by atoms with Crippen LogP contribution in [0.1, 0.15) is 24.1 Å². The quantitative estimate of drug-likeness (QED) is 0.111. The van der Waals surface area contributed by atoms with E-state index in [0.717, 1.165) is 17.3 Å². The predicted octanol–water partition coefficient (Wildman–Crippen LogP) is 7.00. The number of amides is 1. The molecule has 49 heavy (non-hydrogen) atoms. The summed E-state index contributed by atoms with van der Waals surface area (Å²) in [5.41, 5.74) is 5.90. The van der Waals surface area contributed by atoms with Gasteiger partial charge in [0.15, 0.2) is 17.6 Å². The number of halogens is 6. The number of hydrogen-bond acceptors (Lipinski definition) is 8. The number of amidine groups is 1. The van der Waals surface area contributed by atoms with Crippen molar-refractivity contribution in [2.24, 2.45) is 4.99 Å². The zero-order valence-corrected chi connectivity index (χ0v) is 27.5. The van der Waals surface area contributed by atoms with Crippen molar-refractivity contribution in [3.63, 3.8) is 0 Å². The minimum absolute atomic E-state index is 0.0169. The van der Waals surface area contributed by atoms with Gasteiger partial charge in [-0.3, -0.25) is 15.1 Å². The molecular formula is C31H27F6N7O3S2. The monoisotopic (exact) mass is 723 g/mol. The first-order chi connectivity index (χ1) is 23.1. The summed E-state index contributed by atoms with van der Waals surface area (Å²) in [6.45, 7) is 2.13. The molecule has 0 radical (unpaired) electrons. The van der Waals surface area contributed by atoms with Crippen LogP contribution in [0.5, 0.6) is 11.5 Å². The van der Waals surface area contributed by atoms with Crippen LogP contribution < -0.4 is 19.8 Å². The van der Waals surface area contributed by atoms with Gasteiger partial charge >= 0.3 is 12.5 Å². The number of carbonyl (C=O) groups is 1. The summed E-state index contributed by atoms with van der Waals surface area (Å²) in [5, 5.41) is 6.33. The third kappa shape index (κ3) is 9.27. The highest BCUT2D eigenvalue weighted by atomic mass is 32.2. The van der Waals surface area contributed by atoms with E-state index in [4.69, 9.17) is 17.0 Å². The SMILES string of the molecule is Cc1ccc(OCC(F)(F)F)c(N2C(=O)CSC2=NC(=S)NN(C)C(C)c2ccc(-c3ncn(-c4ccc(OC(F)(F)F)cc4)n3)cc2)c1. The molecule has 5 rings (SSSR count). The van der Waals surface area contributed by atoms with Gasteiger partial charge in [-0.25, -0.2) is 14.7 Å². The van der Waals surface area contributed by atoms with Gasteiger partial charge in [0.1, 0.15) is 17.8 Å². The fourth-order valence-corrected chi connectivity index (χ4v) is 5.73. The number of nitrogens with zero attached hydrogens (tertiary/aromatic N) is 6. The maximum atomic E-state index is 12.9. The number of thioether (sulfide) groups is 1. The third-order valence-electron chi connectivity index (χ3n) is 7.04. The molecule has 1 amide bonds. The van der Waals surface area contributed by atoms with Crippen LogP contribution in [0.25, 0.3) is 17.1 Å². The molecule has 1 aromatic heterocycles. The van der Waals surface area contributed by atoms with Crippen LogP contribution in [-0.2, 0) is 4.79 Å². The van der Waals surface area contributed by atoms with E-state index in [2.05, 4.69) is 25.2 Å². The highest BCUT2D eigenvalue weighted by Crippen LogP contribution is 2.36. The lowest BCUT2D eigenvalue weighted by Gasteiger charge is -2.26. The molecule has 2 heterocycles. The largest absolute Gasteiger partial charge is 0.573 e. The molecule has 4 aromatic rings. The highest BCUT2D eigenvalue weighted by Gasteiger charge is 2.34. The third-order valence-corrected chi connectivity index (χ3v) is 8.15. The molecule has 18 heteroatoms. The number of aryl methyl sites for hydroxylation is 1. The van der Waals surface area contributed by atoms with Crippen molar-refractivity contribution in [2.75, 3.05) is 24.3 Å². The van der Waals surface area contributed by atoms with Gasteiger partial charge in [0, 0.05) is 12.6 Å². The van der Waals surface area contributed by atoms with Crippen molar-refractivity contribution in [2.45, 2.75) is 32.4 Å². The van der Waals surface area contributed by atoms with E-state index < -0.39 is 19.1 Å². The Bertz CT molecular complexity index is 1850. The molecule has 0 aliphatic carbocycles. The number of anilines is 1. The molecule has 0 saturated carbocycles. The topological polar surface area (TPSA) is 97.1 Å². The van der Waals surface area contributed by atoms with Crippen molar-refractivity contribution in [1.82, 2.24) is 25.2 Å². The second kappa shape index (κ2) is 14.4. The normalized spacial score (nSPS) is 15.2. The van der Waals surface area contributed by atoms with Crippen LogP contribution in [-0.4, -0.2) is 67.9 Å². The molecule has 10 nitrogen and oxygen atoms in total. The maximum absolute atomic E-state index is 12.9. The van der Waals surface area contributed by atoms with Gasteiger partial charge in [-0.15, -0.1) is 18.3 Å². The summed E-state index contributed by atoms with van der Waals surface area (Å²) < 4.78 is 86.3. The fourth-order valence-electron chi connectivity index (χ4n) is 4.58. The highest BCUT2D eigenvalue weighted by molar-refractivity contribution is 8.15. The van der Waals surface area contributed by atoms with Gasteiger partial charge in [-0.2, -0.15) is 18.2 Å². The Morgan fingerprint density at radius 3 is 2.43 bits per heavy atom. The second-order valence-electron chi connectivity index (χ2n) is 10.7. The summed E-state index contributed by atoms with van der Waals surface area (Å²) >= 11 is 6.54. The molecule has 258 valence electrons. The van der Waals surface area contributed by atoms with Crippen LogP contribution in [0.3, 0.4) is 0 Å². The smallest absolute Gasteiger partial charge is 0.482 e. The Morgan fingerprint density at radius 2 is 1.78 bits per heavy atom. The molecule has 1 saturated heterocycles. The number of nitrogens with one attached hydrogen (secondary N) is 1. The van der Waals surface area contributed by atoms with Crippen LogP contribution in [0.4, 0.5) is 32.0 Å². The van der Waals surface area contributed by atoms with Gasteiger partial charge in [0.2, 0.25) is 11.0 Å². The van der Waals surface area contributed by atoms with Gasteiger partial charge in [0.25, 0.3) is 0 Å². The Morgan fingerprint density at radius 1 is 1.08 bits per heavy atom. The van der Waals surface area contributed by atoms with Crippen LogP contribution in [0.2, 0.25) is 0 Å². The number of rotatable bonds is 9. The number of carbonyl (C=O) groups excluding carboxylic acids is 1. The van der Waals surface area contributed by atoms with Crippen LogP contribution in [0.15, 0.2) is 78.0 Å². The number of aliphatic imine (C=N–C) groups is 1. The molecule has 1 aliphatic rings.